The maximum atomic E-state index is 11.4. The molecule has 0 aliphatic carbocycles. The Labute approximate surface area is 86.6 Å². The number of aromatic nitrogens is 2. The Morgan fingerprint density at radius 3 is 2.80 bits per heavy atom. The Morgan fingerprint density at radius 1 is 1.40 bits per heavy atom. The Balaban J connectivity index is 2.87. The molecule has 78 valence electrons. The number of benzene rings is 1. The van der Waals surface area contributed by atoms with Gasteiger partial charge in [0.2, 0.25) is 0 Å². The van der Waals surface area contributed by atoms with Gasteiger partial charge in [-0.15, -0.1) is 0 Å². The van der Waals surface area contributed by atoms with E-state index in [1.54, 1.807) is 13.0 Å². The largest absolute Gasteiger partial charge is 0.392 e. The Kier molecular flexibility index (Phi) is 2.28. The molecule has 2 aromatic rings. The minimum absolute atomic E-state index is 0.0301. The van der Waals surface area contributed by atoms with Crippen molar-refractivity contribution < 1.29 is 5.11 Å². The van der Waals surface area contributed by atoms with Crippen molar-refractivity contribution in [1.82, 2.24) is 9.97 Å². The van der Waals surface area contributed by atoms with Crippen molar-refractivity contribution in [3.05, 3.63) is 39.3 Å². The molecular formula is C11H12N2O2. The van der Waals surface area contributed by atoms with Crippen molar-refractivity contribution in [1.29, 1.82) is 0 Å². The number of aliphatic hydroxyl groups is 1. The summed E-state index contributed by atoms with van der Waals surface area (Å²) in [7, 11) is 0. The number of aryl methyl sites for hydroxylation is 2. The molecule has 0 atom stereocenters. The van der Waals surface area contributed by atoms with Gasteiger partial charge in [-0.05, 0) is 31.0 Å². The predicted octanol–water partition coefficient (Wildman–Crippen LogP) is 1.03. The number of hydrogen-bond donors (Lipinski definition) is 2. The van der Waals surface area contributed by atoms with Crippen LogP contribution in [0.2, 0.25) is 0 Å². The molecule has 0 saturated carbocycles. The van der Waals surface area contributed by atoms with Gasteiger partial charge in [-0.25, -0.2) is 4.98 Å². The van der Waals surface area contributed by atoms with E-state index >= 15 is 0 Å². The lowest BCUT2D eigenvalue weighted by Crippen LogP contribution is -2.12. The van der Waals surface area contributed by atoms with E-state index in [1.165, 1.54) is 0 Å². The van der Waals surface area contributed by atoms with Crippen molar-refractivity contribution in [2.24, 2.45) is 0 Å². The van der Waals surface area contributed by atoms with Gasteiger partial charge in [0.05, 0.1) is 17.6 Å². The number of fused-ring (bicyclic) bond motifs is 1. The van der Waals surface area contributed by atoms with Crippen LogP contribution in [0, 0.1) is 13.8 Å². The molecule has 0 spiro atoms. The molecule has 0 saturated heterocycles. The van der Waals surface area contributed by atoms with Gasteiger partial charge >= 0.3 is 0 Å². The molecule has 15 heavy (non-hydrogen) atoms. The molecule has 0 aliphatic heterocycles. The molecule has 1 aromatic heterocycles. The lowest BCUT2D eigenvalue weighted by Gasteiger charge is -2.06. The number of H-pyrrole nitrogens is 1. The first-order valence-electron chi connectivity index (χ1n) is 4.73. The summed E-state index contributed by atoms with van der Waals surface area (Å²) in [6, 6.07) is 3.62. The van der Waals surface area contributed by atoms with E-state index in [0.717, 1.165) is 16.6 Å². The van der Waals surface area contributed by atoms with Gasteiger partial charge in [0.15, 0.2) is 0 Å². The van der Waals surface area contributed by atoms with Crippen LogP contribution in [0.25, 0.3) is 11.0 Å². The minimum atomic E-state index is -0.180. The third kappa shape index (κ3) is 1.53. The average molecular weight is 204 g/mol. The van der Waals surface area contributed by atoms with Gasteiger partial charge in [0, 0.05) is 0 Å². The van der Waals surface area contributed by atoms with Crippen molar-refractivity contribution in [3.63, 3.8) is 0 Å². The fourth-order valence-electron chi connectivity index (χ4n) is 1.60. The van der Waals surface area contributed by atoms with Crippen LogP contribution in [-0.4, -0.2) is 15.1 Å². The van der Waals surface area contributed by atoms with Gasteiger partial charge in [0.1, 0.15) is 5.69 Å². The van der Waals surface area contributed by atoms with Crippen LogP contribution < -0.4 is 5.56 Å². The van der Waals surface area contributed by atoms with E-state index in [0.29, 0.717) is 11.2 Å². The summed E-state index contributed by atoms with van der Waals surface area (Å²) in [4.78, 5) is 18.4. The summed E-state index contributed by atoms with van der Waals surface area (Å²) < 4.78 is 0. The third-order valence-electron chi connectivity index (χ3n) is 2.58. The molecular weight excluding hydrogens is 192 g/mol. The number of hydrogen-bond acceptors (Lipinski definition) is 3. The first-order valence-corrected chi connectivity index (χ1v) is 4.73. The lowest BCUT2D eigenvalue weighted by molar-refractivity contribution is 0.281. The first-order chi connectivity index (χ1) is 7.13. The van der Waals surface area contributed by atoms with E-state index in [1.807, 2.05) is 13.0 Å². The Hall–Kier alpha value is -1.68. The molecule has 0 aliphatic rings. The molecule has 0 amide bonds. The smallest absolute Gasteiger partial charge is 0.269 e. The number of aromatic amines is 1. The van der Waals surface area contributed by atoms with Gasteiger partial charge in [0.25, 0.3) is 5.56 Å². The second-order valence-corrected chi connectivity index (χ2v) is 3.55. The SMILES string of the molecule is Cc1nc2ccc(CO)c(C)c2[nH]c1=O. The van der Waals surface area contributed by atoms with Crippen molar-refractivity contribution in [3.8, 4) is 0 Å². The van der Waals surface area contributed by atoms with Crippen LogP contribution in [0.5, 0.6) is 0 Å². The third-order valence-corrected chi connectivity index (χ3v) is 2.58. The fraction of sp³-hybridized carbons (Fsp3) is 0.273. The van der Waals surface area contributed by atoms with Crippen molar-refractivity contribution in [2.45, 2.75) is 20.5 Å². The molecule has 4 nitrogen and oxygen atoms in total. The molecule has 1 heterocycles. The molecule has 1 aromatic carbocycles. The highest BCUT2D eigenvalue weighted by Crippen LogP contribution is 2.17. The van der Waals surface area contributed by atoms with Gasteiger partial charge in [-0.3, -0.25) is 4.79 Å². The Morgan fingerprint density at radius 2 is 2.13 bits per heavy atom. The highest BCUT2D eigenvalue weighted by Gasteiger charge is 2.06. The van der Waals surface area contributed by atoms with Gasteiger partial charge in [-0.1, -0.05) is 6.07 Å². The van der Waals surface area contributed by atoms with Crippen LogP contribution in [0.4, 0.5) is 0 Å². The minimum Gasteiger partial charge on any atom is -0.392 e. The molecule has 2 rings (SSSR count). The summed E-state index contributed by atoms with van der Waals surface area (Å²) in [5.74, 6) is 0. The topological polar surface area (TPSA) is 66.0 Å². The van der Waals surface area contributed by atoms with E-state index in [9.17, 15) is 4.79 Å². The highest BCUT2D eigenvalue weighted by atomic mass is 16.3. The second-order valence-electron chi connectivity index (χ2n) is 3.55. The van der Waals surface area contributed by atoms with Crippen LogP contribution in [0.15, 0.2) is 16.9 Å². The maximum Gasteiger partial charge on any atom is 0.269 e. The monoisotopic (exact) mass is 204 g/mol. The zero-order valence-corrected chi connectivity index (χ0v) is 8.66. The quantitative estimate of drug-likeness (QED) is 0.729. The number of rotatable bonds is 1. The summed E-state index contributed by atoms with van der Waals surface area (Å²) in [6.45, 7) is 3.51. The number of nitrogens with one attached hydrogen (secondary N) is 1. The van der Waals surface area contributed by atoms with E-state index in [4.69, 9.17) is 5.11 Å². The second kappa shape index (κ2) is 3.47. The normalized spacial score (nSPS) is 10.9. The summed E-state index contributed by atoms with van der Waals surface area (Å²) in [6.07, 6.45) is 0. The van der Waals surface area contributed by atoms with Crippen LogP contribution >= 0.6 is 0 Å². The molecule has 0 radical (unpaired) electrons. The van der Waals surface area contributed by atoms with E-state index in [2.05, 4.69) is 9.97 Å². The van der Waals surface area contributed by atoms with E-state index < -0.39 is 0 Å². The van der Waals surface area contributed by atoms with Gasteiger partial charge in [-0.2, -0.15) is 0 Å². The van der Waals surface area contributed by atoms with Crippen molar-refractivity contribution in [2.75, 3.05) is 0 Å². The maximum absolute atomic E-state index is 11.4. The molecule has 0 unspecified atom stereocenters. The number of nitrogens with zero attached hydrogens (tertiary/aromatic N) is 1. The summed E-state index contributed by atoms with van der Waals surface area (Å²) in [5, 5.41) is 9.09. The van der Waals surface area contributed by atoms with Crippen LogP contribution in [-0.2, 0) is 6.61 Å². The highest BCUT2D eigenvalue weighted by molar-refractivity contribution is 5.78. The van der Waals surface area contributed by atoms with Crippen LogP contribution in [0.1, 0.15) is 16.8 Å². The first kappa shape index (κ1) is 9.86. The zero-order valence-electron chi connectivity index (χ0n) is 8.66. The van der Waals surface area contributed by atoms with Crippen LogP contribution in [0.3, 0.4) is 0 Å². The standard InChI is InChI=1S/C11H12N2O2/c1-6-8(5-14)3-4-9-10(6)13-11(15)7(2)12-9/h3-4,14H,5H2,1-2H3,(H,13,15). The molecule has 4 heteroatoms. The zero-order chi connectivity index (χ0) is 11.0. The average Bonchev–Trinajstić information content (AvgIpc) is 2.22. The molecule has 0 bridgehead atoms. The lowest BCUT2D eigenvalue weighted by atomic mass is 10.1. The molecule has 2 N–H and O–H groups in total. The predicted molar refractivity (Wildman–Crippen MR) is 57.8 cm³/mol. The Bertz CT molecular complexity index is 573. The summed E-state index contributed by atoms with van der Waals surface area (Å²) >= 11 is 0. The molecule has 0 fully saturated rings. The van der Waals surface area contributed by atoms with E-state index in [-0.39, 0.29) is 12.2 Å². The number of aliphatic hydroxyl groups excluding tert-OH is 1. The fourth-order valence-corrected chi connectivity index (χ4v) is 1.60. The summed E-state index contributed by atoms with van der Waals surface area (Å²) in [5.41, 5.74) is 3.42. The van der Waals surface area contributed by atoms with Crippen molar-refractivity contribution >= 4 is 11.0 Å². The van der Waals surface area contributed by atoms with Gasteiger partial charge < -0.3 is 10.1 Å².